The quantitative estimate of drug-likeness (QED) is 0.685. The molecule has 0 saturated heterocycles. The lowest BCUT2D eigenvalue weighted by molar-refractivity contribution is 0.475. The van der Waals surface area contributed by atoms with E-state index in [1.165, 1.54) is 37.7 Å². The summed E-state index contributed by atoms with van der Waals surface area (Å²) in [5.41, 5.74) is 1.22. The van der Waals surface area contributed by atoms with Crippen molar-refractivity contribution in [3.8, 4) is 5.75 Å². The summed E-state index contributed by atoms with van der Waals surface area (Å²) in [6.07, 6.45) is 6.38. The Labute approximate surface area is 103 Å². The van der Waals surface area contributed by atoms with E-state index in [2.05, 4.69) is 13.8 Å². The number of phenolic OH excluding ortho intramolecular Hbond substituents is 1. The molecule has 2 heteroatoms. The van der Waals surface area contributed by atoms with Crippen LogP contribution < -0.4 is 0 Å². The zero-order chi connectivity index (χ0) is 12.0. The van der Waals surface area contributed by atoms with Gasteiger partial charge in [-0.3, -0.25) is 0 Å². The van der Waals surface area contributed by atoms with Crippen molar-refractivity contribution in [1.29, 1.82) is 0 Å². The maximum Gasteiger partial charge on any atom is 0.134 e. The second-order valence-corrected chi connectivity index (χ2v) is 4.87. The summed E-state index contributed by atoms with van der Waals surface area (Å²) in [4.78, 5) is 0. The summed E-state index contributed by atoms with van der Waals surface area (Å²) in [6, 6.07) is 5.52. The fourth-order valence-electron chi connectivity index (χ4n) is 1.87. The fraction of sp³-hybridized carbons (Fsp3) is 0.571. The van der Waals surface area contributed by atoms with Crippen molar-refractivity contribution in [2.24, 2.45) is 0 Å². The van der Waals surface area contributed by atoms with E-state index in [0.717, 1.165) is 0 Å². The highest BCUT2D eigenvalue weighted by molar-refractivity contribution is 6.32. The van der Waals surface area contributed by atoms with Gasteiger partial charge in [0.15, 0.2) is 0 Å². The lowest BCUT2D eigenvalue weighted by atomic mass is 9.95. The summed E-state index contributed by atoms with van der Waals surface area (Å²) in [5, 5.41) is 9.80. The van der Waals surface area contributed by atoms with Gasteiger partial charge in [-0.2, -0.15) is 0 Å². The highest BCUT2D eigenvalue weighted by Gasteiger charge is 2.07. The van der Waals surface area contributed by atoms with E-state index < -0.39 is 0 Å². The molecule has 1 nitrogen and oxygen atoms in total. The van der Waals surface area contributed by atoms with Crippen LogP contribution in [-0.4, -0.2) is 5.11 Å². The van der Waals surface area contributed by atoms with Gasteiger partial charge in [-0.05, 0) is 30.0 Å². The number of phenols is 1. The van der Waals surface area contributed by atoms with E-state index in [1.54, 1.807) is 6.07 Å². The van der Waals surface area contributed by atoms with Gasteiger partial charge in [-0.1, -0.05) is 57.2 Å². The second-order valence-electron chi connectivity index (χ2n) is 4.46. The number of unbranched alkanes of at least 4 members (excludes halogenated alkanes) is 3. The number of rotatable bonds is 6. The van der Waals surface area contributed by atoms with Crippen LogP contribution in [0.1, 0.15) is 57.4 Å². The van der Waals surface area contributed by atoms with Crippen LogP contribution in [0.3, 0.4) is 0 Å². The molecular weight excluding hydrogens is 220 g/mol. The molecule has 0 heterocycles. The van der Waals surface area contributed by atoms with Crippen LogP contribution in [0.5, 0.6) is 5.75 Å². The maximum atomic E-state index is 9.34. The Bertz CT molecular complexity index is 323. The Kier molecular flexibility index (Phi) is 5.68. The van der Waals surface area contributed by atoms with E-state index in [-0.39, 0.29) is 5.75 Å². The van der Waals surface area contributed by atoms with Crippen LogP contribution in [0.4, 0.5) is 0 Å². The molecule has 0 spiro atoms. The Morgan fingerprint density at radius 1 is 1.25 bits per heavy atom. The molecule has 0 saturated carbocycles. The van der Waals surface area contributed by atoms with Gasteiger partial charge in [0, 0.05) is 0 Å². The van der Waals surface area contributed by atoms with E-state index in [9.17, 15) is 5.11 Å². The molecule has 90 valence electrons. The van der Waals surface area contributed by atoms with E-state index in [4.69, 9.17) is 11.6 Å². The fourth-order valence-corrected chi connectivity index (χ4v) is 2.06. The lowest BCUT2D eigenvalue weighted by Crippen LogP contribution is -1.93. The normalized spacial score (nSPS) is 12.7. The summed E-state index contributed by atoms with van der Waals surface area (Å²) >= 11 is 5.89. The molecule has 16 heavy (non-hydrogen) atoms. The molecule has 0 fully saturated rings. The SMILES string of the molecule is CCCCCCC(C)c1ccc(O)c(Cl)c1. The lowest BCUT2D eigenvalue weighted by Gasteiger charge is -2.12. The molecule has 0 aliphatic heterocycles. The number of halogens is 1. The van der Waals surface area contributed by atoms with E-state index >= 15 is 0 Å². The molecule has 0 aromatic heterocycles. The van der Waals surface area contributed by atoms with Crippen LogP contribution in [0.15, 0.2) is 18.2 Å². The minimum atomic E-state index is 0.170. The molecule has 0 aliphatic rings. The topological polar surface area (TPSA) is 20.2 Å². The van der Waals surface area contributed by atoms with Crippen LogP contribution >= 0.6 is 11.6 Å². The van der Waals surface area contributed by atoms with Crippen molar-refractivity contribution in [3.05, 3.63) is 28.8 Å². The standard InChI is InChI=1S/C14H21ClO/c1-3-4-5-6-7-11(2)12-8-9-14(16)13(15)10-12/h8-11,16H,3-7H2,1-2H3. The van der Waals surface area contributed by atoms with E-state index in [0.29, 0.717) is 10.9 Å². The van der Waals surface area contributed by atoms with Gasteiger partial charge in [-0.15, -0.1) is 0 Å². The average Bonchev–Trinajstić information content (AvgIpc) is 2.28. The zero-order valence-electron chi connectivity index (χ0n) is 10.2. The van der Waals surface area contributed by atoms with Crippen LogP contribution in [-0.2, 0) is 0 Å². The smallest absolute Gasteiger partial charge is 0.134 e. The molecule has 1 aromatic carbocycles. The molecule has 0 radical (unpaired) electrons. The number of benzene rings is 1. The first-order valence-electron chi connectivity index (χ1n) is 6.13. The molecule has 1 unspecified atom stereocenters. The minimum absolute atomic E-state index is 0.170. The highest BCUT2D eigenvalue weighted by Crippen LogP contribution is 2.29. The summed E-state index contributed by atoms with van der Waals surface area (Å²) in [6.45, 7) is 4.44. The van der Waals surface area contributed by atoms with Crippen molar-refractivity contribution >= 4 is 11.6 Å². The second kappa shape index (κ2) is 6.80. The molecule has 1 N–H and O–H groups in total. The van der Waals surface area contributed by atoms with Gasteiger partial charge in [0.25, 0.3) is 0 Å². The van der Waals surface area contributed by atoms with Crippen LogP contribution in [0.25, 0.3) is 0 Å². The Balaban J connectivity index is 2.46. The Morgan fingerprint density at radius 3 is 2.62 bits per heavy atom. The largest absolute Gasteiger partial charge is 0.506 e. The first-order chi connectivity index (χ1) is 7.65. The number of aromatic hydroxyl groups is 1. The summed E-state index contributed by atoms with van der Waals surface area (Å²) in [7, 11) is 0. The molecule has 0 amide bonds. The predicted molar refractivity (Wildman–Crippen MR) is 70.3 cm³/mol. The van der Waals surface area contributed by atoms with Crippen LogP contribution in [0, 0.1) is 0 Å². The third kappa shape index (κ3) is 4.05. The summed E-state index contributed by atoms with van der Waals surface area (Å²) in [5.74, 6) is 0.693. The first kappa shape index (κ1) is 13.4. The van der Waals surface area contributed by atoms with Crippen molar-refractivity contribution in [2.75, 3.05) is 0 Å². The van der Waals surface area contributed by atoms with Crippen molar-refractivity contribution in [1.82, 2.24) is 0 Å². The van der Waals surface area contributed by atoms with Crippen LogP contribution in [0.2, 0.25) is 5.02 Å². The highest BCUT2D eigenvalue weighted by atomic mass is 35.5. The predicted octanol–water partition coefficient (Wildman–Crippen LogP) is 5.12. The molecule has 1 rings (SSSR count). The monoisotopic (exact) mass is 240 g/mol. The third-order valence-corrected chi connectivity index (χ3v) is 3.33. The van der Waals surface area contributed by atoms with Gasteiger partial charge >= 0.3 is 0 Å². The molecule has 0 bridgehead atoms. The third-order valence-electron chi connectivity index (χ3n) is 3.03. The average molecular weight is 241 g/mol. The van der Waals surface area contributed by atoms with Crippen molar-refractivity contribution in [3.63, 3.8) is 0 Å². The Morgan fingerprint density at radius 2 is 2.00 bits per heavy atom. The van der Waals surface area contributed by atoms with Gasteiger partial charge in [0.05, 0.1) is 5.02 Å². The van der Waals surface area contributed by atoms with Crippen molar-refractivity contribution in [2.45, 2.75) is 51.9 Å². The maximum absolute atomic E-state index is 9.34. The van der Waals surface area contributed by atoms with Gasteiger partial charge in [-0.25, -0.2) is 0 Å². The first-order valence-corrected chi connectivity index (χ1v) is 6.51. The zero-order valence-corrected chi connectivity index (χ0v) is 10.9. The number of hydrogen-bond donors (Lipinski definition) is 1. The molecule has 1 atom stereocenters. The van der Waals surface area contributed by atoms with Gasteiger partial charge in [0.2, 0.25) is 0 Å². The Hall–Kier alpha value is -0.690. The van der Waals surface area contributed by atoms with Gasteiger partial charge < -0.3 is 5.11 Å². The molecule has 0 aliphatic carbocycles. The summed E-state index contributed by atoms with van der Waals surface area (Å²) < 4.78 is 0. The molecular formula is C14H21ClO. The number of hydrogen-bond acceptors (Lipinski definition) is 1. The molecule has 1 aromatic rings. The van der Waals surface area contributed by atoms with Gasteiger partial charge in [0.1, 0.15) is 5.75 Å². The van der Waals surface area contributed by atoms with Crippen molar-refractivity contribution < 1.29 is 5.11 Å². The van der Waals surface area contributed by atoms with E-state index in [1.807, 2.05) is 12.1 Å². The minimum Gasteiger partial charge on any atom is -0.506 e.